The molecule has 110 valence electrons. The second kappa shape index (κ2) is 6.04. The fourth-order valence-electron chi connectivity index (χ4n) is 1.66. The minimum absolute atomic E-state index is 0.123. The summed E-state index contributed by atoms with van der Waals surface area (Å²) < 4.78 is 0. The molecule has 0 aliphatic rings. The molecular formula is C13H14N4O3S. The van der Waals surface area contributed by atoms with E-state index in [0.29, 0.717) is 5.16 Å². The highest BCUT2D eigenvalue weighted by Gasteiger charge is 2.15. The number of aryl methyl sites for hydroxylation is 2. The Morgan fingerprint density at radius 1 is 1.33 bits per heavy atom. The van der Waals surface area contributed by atoms with Crippen molar-refractivity contribution in [2.24, 2.45) is 0 Å². The summed E-state index contributed by atoms with van der Waals surface area (Å²) in [5, 5.41) is 11.1. The average molecular weight is 306 g/mol. The molecule has 2 aromatic rings. The largest absolute Gasteiger partial charge is 0.353 e. The third-order valence-corrected chi connectivity index (χ3v) is 3.97. The Balaban J connectivity index is 2.05. The quantitative estimate of drug-likeness (QED) is 0.299. The Hall–Kier alpha value is -2.22. The number of nitro groups is 1. The van der Waals surface area contributed by atoms with E-state index in [1.54, 1.807) is 0 Å². The van der Waals surface area contributed by atoms with E-state index in [1.807, 2.05) is 20.8 Å². The van der Waals surface area contributed by atoms with Crippen LogP contribution in [-0.4, -0.2) is 31.4 Å². The molecule has 0 aliphatic carbocycles. The maximum atomic E-state index is 12.0. The van der Waals surface area contributed by atoms with E-state index in [4.69, 9.17) is 0 Å². The summed E-state index contributed by atoms with van der Waals surface area (Å²) >= 11 is 1.22. The average Bonchev–Trinajstić information content (AvgIpc) is 2.92. The van der Waals surface area contributed by atoms with Gasteiger partial charge in [-0.05, 0) is 26.3 Å². The first kappa shape index (κ1) is 15.2. The van der Waals surface area contributed by atoms with Crippen LogP contribution >= 0.6 is 11.8 Å². The molecule has 0 saturated carbocycles. The molecule has 0 radical (unpaired) electrons. The van der Waals surface area contributed by atoms with Gasteiger partial charge in [0.2, 0.25) is 0 Å². The zero-order valence-corrected chi connectivity index (χ0v) is 12.7. The van der Waals surface area contributed by atoms with Crippen molar-refractivity contribution in [2.45, 2.75) is 25.9 Å². The molecule has 2 aromatic heterocycles. The molecule has 0 unspecified atom stereocenters. The van der Waals surface area contributed by atoms with Gasteiger partial charge in [0.15, 0.2) is 10.9 Å². The van der Waals surface area contributed by atoms with Gasteiger partial charge in [0.05, 0.1) is 22.6 Å². The second-order valence-corrected chi connectivity index (χ2v) is 5.49. The number of aromatic amines is 1. The summed E-state index contributed by atoms with van der Waals surface area (Å²) in [4.78, 5) is 33.2. The van der Waals surface area contributed by atoms with E-state index in [2.05, 4.69) is 15.0 Å². The van der Waals surface area contributed by atoms with Gasteiger partial charge in [0.1, 0.15) is 0 Å². The minimum Gasteiger partial charge on any atom is -0.353 e. The molecule has 2 rings (SSSR count). The number of carbonyl (C=O) groups excluding carboxylic acids is 1. The Bertz CT molecular complexity index is 688. The standard InChI is InChI=1S/C13H14N4O3S/c1-7-8(2)15-13(16-9(7)3)21-6-12(18)11-4-10(5-14-11)17(19)20/h4-5,14H,6H2,1-3H3. The number of rotatable bonds is 5. The van der Waals surface area contributed by atoms with Gasteiger partial charge in [-0.25, -0.2) is 9.97 Å². The molecule has 0 spiro atoms. The maximum Gasteiger partial charge on any atom is 0.287 e. The summed E-state index contributed by atoms with van der Waals surface area (Å²) in [6, 6.07) is 1.23. The number of aromatic nitrogens is 3. The lowest BCUT2D eigenvalue weighted by molar-refractivity contribution is -0.384. The first-order chi connectivity index (χ1) is 9.88. The zero-order chi connectivity index (χ0) is 15.6. The van der Waals surface area contributed by atoms with Crippen molar-refractivity contribution in [1.82, 2.24) is 15.0 Å². The number of thioether (sulfide) groups is 1. The highest BCUT2D eigenvalue weighted by Crippen LogP contribution is 2.19. The summed E-state index contributed by atoms with van der Waals surface area (Å²) in [7, 11) is 0. The SMILES string of the molecule is Cc1nc(SCC(=O)c2cc([N+](=O)[O-])c[nH]2)nc(C)c1C. The van der Waals surface area contributed by atoms with Crippen LogP contribution in [0.4, 0.5) is 5.69 Å². The van der Waals surface area contributed by atoms with Crippen molar-refractivity contribution in [3.05, 3.63) is 45.0 Å². The number of hydrogen-bond acceptors (Lipinski definition) is 6. The van der Waals surface area contributed by atoms with Crippen molar-refractivity contribution in [2.75, 3.05) is 5.75 Å². The third-order valence-electron chi connectivity index (χ3n) is 3.12. The molecule has 2 heterocycles. The van der Waals surface area contributed by atoms with E-state index in [0.717, 1.165) is 17.0 Å². The normalized spacial score (nSPS) is 10.6. The van der Waals surface area contributed by atoms with Gasteiger partial charge >= 0.3 is 0 Å². The van der Waals surface area contributed by atoms with Crippen LogP contribution in [0.3, 0.4) is 0 Å². The number of hydrogen-bond donors (Lipinski definition) is 1. The van der Waals surface area contributed by atoms with Crippen LogP contribution in [0.25, 0.3) is 0 Å². The van der Waals surface area contributed by atoms with Crippen molar-refractivity contribution in [3.8, 4) is 0 Å². The van der Waals surface area contributed by atoms with Gasteiger partial charge in [0, 0.05) is 17.5 Å². The van der Waals surface area contributed by atoms with E-state index >= 15 is 0 Å². The number of Topliss-reactive ketones (excluding diaryl/α,β-unsaturated/α-hetero) is 1. The number of nitrogens with one attached hydrogen (secondary N) is 1. The summed E-state index contributed by atoms with van der Waals surface area (Å²) in [6.07, 6.45) is 1.20. The van der Waals surface area contributed by atoms with Crippen LogP contribution < -0.4 is 0 Å². The minimum atomic E-state index is -0.545. The molecule has 8 heteroatoms. The van der Waals surface area contributed by atoms with E-state index in [-0.39, 0.29) is 22.9 Å². The lowest BCUT2D eigenvalue weighted by atomic mass is 10.2. The van der Waals surface area contributed by atoms with Gasteiger partial charge < -0.3 is 4.98 Å². The fraction of sp³-hybridized carbons (Fsp3) is 0.308. The zero-order valence-electron chi connectivity index (χ0n) is 11.8. The predicted octanol–water partition coefficient (Wildman–Crippen LogP) is 2.61. The molecule has 0 bridgehead atoms. The summed E-state index contributed by atoms with van der Waals surface area (Å²) in [5.74, 6) is -0.104. The van der Waals surface area contributed by atoms with Gasteiger partial charge in [-0.1, -0.05) is 11.8 Å². The second-order valence-electron chi connectivity index (χ2n) is 4.54. The van der Waals surface area contributed by atoms with E-state index in [9.17, 15) is 14.9 Å². The van der Waals surface area contributed by atoms with Crippen molar-refractivity contribution in [1.29, 1.82) is 0 Å². The van der Waals surface area contributed by atoms with Crippen LogP contribution in [0, 0.1) is 30.9 Å². The molecule has 0 aromatic carbocycles. The van der Waals surface area contributed by atoms with Crippen LogP contribution in [0.1, 0.15) is 27.4 Å². The number of nitrogens with zero attached hydrogens (tertiary/aromatic N) is 3. The van der Waals surface area contributed by atoms with Crippen molar-refractivity contribution in [3.63, 3.8) is 0 Å². The predicted molar refractivity (Wildman–Crippen MR) is 78.7 cm³/mol. The van der Waals surface area contributed by atoms with Crippen LogP contribution in [0.15, 0.2) is 17.4 Å². The lowest BCUT2D eigenvalue weighted by Gasteiger charge is -2.06. The smallest absolute Gasteiger partial charge is 0.287 e. The number of ketones is 1. The lowest BCUT2D eigenvalue weighted by Crippen LogP contribution is -2.05. The maximum absolute atomic E-state index is 12.0. The van der Waals surface area contributed by atoms with Gasteiger partial charge in [-0.15, -0.1) is 0 Å². The van der Waals surface area contributed by atoms with Crippen molar-refractivity contribution >= 4 is 23.2 Å². The van der Waals surface area contributed by atoms with Crippen LogP contribution in [-0.2, 0) is 0 Å². The summed E-state index contributed by atoms with van der Waals surface area (Å²) in [5.41, 5.74) is 2.89. The third kappa shape index (κ3) is 3.46. The van der Waals surface area contributed by atoms with E-state index in [1.165, 1.54) is 24.0 Å². The van der Waals surface area contributed by atoms with Crippen LogP contribution in [0.5, 0.6) is 0 Å². The molecular weight excluding hydrogens is 292 g/mol. The van der Waals surface area contributed by atoms with Gasteiger partial charge in [-0.3, -0.25) is 14.9 Å². The van der Waals surface area contributed by atoms with E-state index < -0.39 is 4.92 Å². The summed E-state index contributed by atoms with van der Waals surface area (Å²) in [6.45, 7) is 5.73. The highest BCUT2D eigenvalue weighted by atomic mass is 32.2. The Kier molecular flexibility index (Phi) is 4.37. The molecule has 0 atom stereocenters. The molecule has 0 amide bonds. The van der Waals surface area contributed by atoms with Crippen LogP contribution in [0.2, 0.25) is 0 Å². The molecule has 0 aliphatic heterocycles. The highest BCUT2D eigenvalue weighted by molar-refractivity contribution is 7.99. The van der Waals surface area contributed by atoms with Gasteiger partial charge in [-0.2, -0.15) is 0 Å². The molecule has 21 heavy (non-hydrogen) atoms. The Morgan fingerprint density at radius 3 is 2.48 bits per heavy atom. The molecule has 0 fully saturated rings. The molecule has 7 nitrogen and oxygen atoms in total. The van der Waals surface area contributed by atoms with Gasteiger partial charge in [0.25, 0.3) is 5.69 Å². The molecule has 0 saturated heterocycles. The fourth-order valence-corrected chi connectivity index (χ4v) is 2.48. The monoisotopic (exact) mass is 306 g/mol. The first-order valence-corrected chi connectivity index (χ1v) is 7.17. The molecule has 1 N–H and O–H groups in total. The Morgan fingerprint density at radius 2 is 1.95 bits per heavy atom. The number of carbonyl (C=O) groups is 1. The van der Waals surface area contributed by atoms with Crippen molar-refractivity contribution < 1.29 is 9.72 Å². The number of H-pyrrole nitrogens is 1. The Labute approximate surface area is 125 Å². The first-order valence-electron chi connectivity index (χ1n) is 6.19. The topological polar surface area (TPSA) is 102 Å².